The summed E-state index contributed by atoms with van der Waals surface area (Å²) < 4.78 is 0. The Labute approximate surface area is 212 Å². The van der Waals surface area contributed by atoms with Gasteiger partial charge >= 0.3 is 0 Å². The number of nitrogens with one attached hydrogen (secondary N) is 1. The van der Waals surface area contributed by atoms with Crippen LogP contribution in [-0.4, -0.2) is 60.9 Å². The normalized spacial score (nSPS) is 16.8. The van der Waals surface area contributed by atoms with Crippen LogP contribution in [0.2, 0.25) is 0 Å². The molecule has 2 heterocycles. The van der Waals surface area contributed by atoms with Gasteiger partial charge in [-0.25, -0.2) is 0 Å². The summed E-state index contributed by atoms with van der Waals surface area (Å²) in [5.74, 6) is 0.464. The molecular formula is C27H35N5O4. The van der Waals surface area contributed by atoms with E-state index in [1.165, 1.54) is 12.1 Å². The highest BCUT2D eigenvalue weighted by atomic mass is 16.6. The van der Waals surface area contributed by atoms with Crippen LogP contribution in [0.4, 0.5) is 22.7 Å². The van der Waals surface area contributed by atoms with E-state index in [1.54, 1.807) is 6.07 Å². The van der Waals surface area contributed by atoms with Crippen molar-refractivity contribution in [2.75, 3.05) is 54.4 Å². The molecule has 0 saturated carbocycles. The molecule has 1 N–H and O–H groups in total. The lowest BCUT2D eigenvalue weighted by Crippen LogP contribution is -2.49. The number of carbonyl (C=O) groups excluding carboxylic acids is 2. The second-order valence-electron chi connectivity index (χ2n) is 10.1. The van der Waals surface area contributed by atoms with Gasteiger partial charge in [0.25, 0.3) is 11.6 Å². The second kappa shape index (κ2) is 11.0. The summed E-state index contributed by atoms with van der Waals surface area (Å²) in [6.45, 7) is 10.6. The molecule has 192 valence electrons. The molecule has 2 aromatic carbocycles. The Balaban J connectivity index is 1.45. The van der Waals surface area contributed by atoms with Crippen LogP contribution in [0.25, 0.3) is 0 Å². The predicted molar refractivity (Wildman–Crippen MR) is 142 cm³/mol. The first kappa shape index (κ1) is 25.5. The summed E-state index contributed by atoms with van der Waals surface area (Å²) in [5.41, 5.74) is 2.61. The number of hydrogen-bond acceptors (Lipinski definition) is 6. The molecular weight excluding hydrogens is 458 g/mol. The summed E-state index contributed by atoms with van der Waals surface area (Å²) >= 11 is 0. The van der Waals surface area contributed by atoms with E-state index in [2.05, 4.69) is 22.0 Å². The maximum Gasteiger partial charge on any atom is 0.270 e. The summed E-state index contributed by atoms with van der Waals surface area (Å²) in [6, 6.07) is 12.1. The fourth-order valence-electron chi connectivity index (χ4n) is 4.85. The van der Waals surface area contributed by atoms with Gasteiger partial charge in [0.05, 0.1) is 16.2 Å². The Morgan fingerprint density at radius 2 is 1.58 bits per heavy atom. The van der Waals surface area contributed by atoms with Crippen LogP contribution in [0.1, 0.15) is 44.0 Å². The molecule has 2 saturated heterocycles. The van der Waals surface area contributed by atoms with Gasteiger partial charge in [-0.15, -0.1) is 0 Å². The van der Waals surface area contributed by atoms with Crippen molar-refractivity contribution in [3.63, 3.8) is 0 Å². The first-order valence-electron chi connectivity index (χ1n) is 12.7. The molecule has 4 rings (SSSR count). The number of rotatable bonds is 6. The Hall–Kier alpha value is -3.62. The first-order chi connectivity index (χ1) is 17.2. The number of amides is 2. The zero-order valence-electron chi connectivity index (χ0n) is 21.3. The third-order valence-corrected chi connectivity index (χ3v) is 7.14. The van der Waals surface area contributed by atoms with E-state index in [0.717, 1.165) is 50.4 Å². The Morgan fingerprint density at radius 1 is 0.944 bits per heavy atom. The largest absolute Gasteiger partial charge is 0.371 e. The third kappa shape index (κ3) is 5.78. The molecule has 0 aliphatic carbocycles. The summed E-state index contributed by atoms with van der Waals surface area (Å²) in [6.07, 6.45) is 2.05. The van der Waals surface area contributed by atoms with Crippen LogP contribution >= 0.6 is 0 Å². The zero-order valence-corrected chi connectivity index (χ0v) is 21.3. The van der Waals surface area contributed by atoms with Crippen molar-refractivity contribution in [2.45, 2.75) is 33.6 Å². The van der Waals surface area contributed by atoms with Crippen molar-refractivity contribution in [3.8, 4) is 0 Å². The molecule has 0 atom stereocenters. The van der Waals surface area contributed by atoms with Crippen LogP contribution in [0, 0.1) is 22.0 Å². The fourth-order valence-corrected chi connectivity index (χ4v) is 4.85. The fraction of sp³-hybridized carbons (Fsp3) is 0.481. The van der Waals surface area contributed by atoms with Gasteiger partial charge in [-0.05, 0) is 49.1 Å². The molecule has 0 radical (unpaired) electrons. The highest BCUT2D eigenvalue weighted by Gasteiger charge is 2.25. The van der Waals surface area contributed by atoms with Crippen molar-refractivity contribution in [3.05, 3.63) is 58.1 Å². The Morgan fingerprint density at radius 3 is 2.17 bits per heavy atom. The molecule has 0 bridgehead atoms. The van der Waals surface area contributed by atoms with Gasteiger partial charge < -0.3 is 20.0 Å². The quantitative estimate of drug-likeness (QED) is 0.473. The van der Waals surface area contributed by atoms with E-state index in [1.807, 2.05) is 43.0 Å². The van der Waals surface area contributed by atoms with E-state index >= 15 is 0 Å². The van der Waals surface area contributed by atoms with Crippen LogP contribution < -0.4 is 15.1 Å². The van der Waals surface area contributed by atoms with Crippen molar-refractivity contribution >= 4 is 34.6 Å². The molecule has 9 nitrogen and oxygen atoms in total. The van der Waals surface area contributed by atoms with E-state index in [9.17, 15) is 19.7 Å². The Bertz CT molecular complexity index is 1100. The molecule has 2 aliphatic rings. The number of non-ortho nitro benzene ring substituents is 1. The van der Waals surface area contributed by atoms with Gasteiger partial charge in [-0.1, -0.05) is 20.8 Å². The number of piperazine rings is 1. The number of piperidine rings is 1. The minimum atomic E-state index is -0.470. The molecule has 0 aromatic heterocycles. The lowest BCUT2D eigenvalue weighted by molar-refractivity contribution is -0.384. The molecule has 0 unspecified atom stereocenters. The van der Waals surface area contributed by atoms with Crippen LogP contribution in [0.5, 0.6) is 0 Å². The molecule has 2 amide bonds. The molecule has 9 heteroatoms. The lowest BCUT2D eigenvalue weighted by Gasteiger charge is -2.37. The first-order valence-corrected chi connectivity index (χ1v) is 12.7. The number of anilines is 3. The minimum absolute atomic E-state index is 0.00415. The number of benzene rings is 2. The maximum atomic E-state index is 13.2. The maximum absolute atomic E-state index is 13.2. The average molecular weight is 494 g/mol. The van der Waals surface area contributed by atoms with Gasteiger partial charge in [0.2, 0.25) is 5.91 Å². The van der Waals surface area contributed by atoms with E-state index in [-0.39, 0.29) is 23.4 Å². The number of nitro benzene ring substituents is 1. The highest BCUT2D eigenvalue weighted by Crippen LogP contribution is 2.30. The van der Waals surface area contributed by atoms with Gasteiger partial charge in [0.1, 0.15) is 0 Å². The summed E-state index contributed by atoms with van der Waals surface area (Å²) in [7, 11) is 0. The van der Waals surface area contributed by atoms with Gasteiger partial charge in [-0.2, -0.15) is 0 Å². The summed E-state index contributed by atoms with van der Waals surface area (Å²) in [5, 5.41) is 14.3. The molecule has 2 aliphatic heterocycles. The van der Waals surface area contributed by atoms with Gasteiger partial charge in [0, 0.05) is 68.7 Å². The number of nitro groups is 1. The minimum Gasteiger partial charge on any atom is -0.371 e. The van der Waals surface area contributed by atoms with E-state index in [0.29, 0.717) is 30.3 Å². The molecule has 36 heavy (non-hydrogen) atoms. The summed E-state index contributed by atoms with van der Waals surface area (Å²) in [4.78, 5) is 42.7. The SMILES string of the molecule is CC1CCN(c2ccc([N+](=O)[O-])cc2C(=O)Nc2ccc(N3CCN(C(=O)C(C)C)CC3)cc2)CC1. The van der Waals surface area contributed by atoms with Crippen LogP contribution in [-0.2, 0) is 4.79 Å². The molecule has 2 fully saturated rings. The number of hydrogen-bond donors (Lipinski definition) is 1. The van der Waals surface area contributed by atoms with E-state index in [4.69, 9.17) is 0 Å². The van der Waals surface area contributed by atoms with Gasteiger partial charge in [-0.3, -0.25) is 19.7 Å². The average Bonchev–Trinajstić information content (AvgIpc) is 2.89. The molecule has 0 spiro atoms. The number of nitrogens with zero attached hydrogens (tertiary/aromatic N) is 4. The van der Waals surface area contributed by atoms with Crippen molar-refractivity contribution in [1.29, 1.82) is 0 Å². The van der Waals surface area contributed by atoms with Crippen LogP contribution in [0.15, 0.2) is 42.5 Å². The zero-order chi connectivity index (χ0) is 25.8. The van der Waals surface area contributed by atoms with Crippen LogP contribution in [0.3, 0.4) is 0 Å². The topological polar surface area (TPSA) is 99.0 Å². The highest BCUT2D eigenvalue weighted by molar-refractivity contribution is 6.08. The predicted octanol–water partition coefficient (Wildman–Crippen LogP) is 4.39. The standard InChI is InChI=1S/C27H35N5O4/c1-19(2)27(34)31-16-14-29(15-17-31)22-6-4-21(5-7-22)28-26(33)24-18-23(32(35)36)8-9-25(24)30-12-10-20(3)11-13-30/h4-9,18-20H,10-17H2,1-3H3,(H,28,33). The van der Waals surface area contributed by atoms with E-state index < -0.39 is 4.92 Å². The van der Waals surface area contributed by atoms with Crippen molar-refractivity contribution < 1.29 is 14.5 Å². The monoisotopic (exact) mass is 493 g/mol. The smallest absolute Gasteiger partial charge is 0.270 e. The lowest BCUT2D eigenvalue weighted by atomic mass is 9.98. The van der Waals surface area contributed by atoms with Crippen molar-refractivity contribution in [2.24, 2.45) is 11.8 Å². The van der Waals surface area contributed by atoms with Gasteiger partial charge in [0.15, 0.2) is 0 Å². The number of carbonyl (C=O) groups is 2. The van der Waals surface area contributed by atoms with Crippen molar-refractivity contribution in [1.82, 2.24) is 4.90 Å². The second-order valence-corrected chi connectivity index (χ2v) is 10.1. The Kier molecular flexibility index (Phi) is 7.76. The third-order valence-electron chi connectivity index (χ3n) is 7.14. The molecule has 2 aromatic rings.